The Bertz CT molecular complexity index is 650. The average Bonchev–Trinajstić information content (AvgIpc) is 2.60. The highest BCUT2D eigenvalue weighted by atomic mass is 16.2. The number of benzene rings is 1. The summed E-state index contributed by atoms with van der Waals surface area (Å²) in [6.45, 7) is 3.07. The lowest BCUT2D eigenvalue weighted by Gasteiger charge is -2.27. The van der Waals surface area contributed by atoms with Gasteiger partial charge in [0.15, 0.2) is 0 Å². The van der Waals surface area contributed by atoms with Gasteiger partial charge in [-0.05, 0) is 37.6 Å². The van der Waals surface area contributed by atoms with E-state index in [4.69, 9.17) is 0 Å². The van der Waals surface area contributed by atoms with Crippen LogP contribution < -0.4 is 5.32 Å². The van der Waals surface area contributed by atoms with E-state index < -0.39 is 0 Å². The molecule has 0 spiro atoms. The van der Waals surface area contributed by atoms with E-state index in [2.05, 4.69) is 21.4 Å². The van der Waals surface area contributed by atoms with Crippen molar-refractivity contribution in [1.29, 1.82) is 0 Å². The van der Waals surface area contributed by atoms with E-state index in [1.807, 2.05) is 18.2 Å². The molecule has 1 saturated heterocycles. The highest BCUT2D eigenvalue weighted by Gasteiger charge is 2.22. The molecule has 1 aromatic carbocycles. The number of carbonyl (C=O) groups excluding carboxylic acids is 2. The fourth-order valence-corrected chi connectivity index (χ4v) is 3.17. The summed E-state index contributed by atoms with van der Waals surface area (Å²) in [5.74, 6) is -0.280. The van der Waals surface area contributed by atoms with Gasteiger partial charge in [0.1, 0.15) is 5.71 Å². The van der Waals surface area contributed by atoms with E-state index in [1.165, 1.54) is 24.3 Å². The van der Waals surface area contributed by atoms with Crippen LogP contribution in [0.3, 0.4) is 0 Å². The van der Waals surface area contributed by atoms with Gasteiger partial charge in [-0.25, -0.2) is 5.01 Å². The minimum atomic E-state index is -0.222. The van der Waals surface area contributed by atoms with Gasteiger partial charge in [-0.15, -0.1) is 0 Å². The summed E-state index contributed by atoms with van der Waals surface area (Å²) >= 11 is 0. The summed E-state index contributed by atoms with van der Waals surface area (Å²) in [5.41, 5.74) is 2.36. The molecule has 0 bridgehead atoms. The van der Waals surface area contributed by atoms with Gasteiger partial charge in [0, 0.05) is 32.1 Å². The smallest absolute Gasteiger partial charge is 0.271 e. The van der Waals surface area contributed by atoms with Crippen LogP contribution >= 0.6 is 0 Å². The van der Waals surface area contributed by atoms with E-state index in [0.29, 0.717) is 18.6 Å². The minimum absolute atomic E-state index is 0.0583. The number of anilines is 1. The molecule has 2 heterocycles. The van der Waals surface area contributed by atoms with Crippen LogP contribution in [0.25, 0.3) is 0 Å². The molecule has 0 atom stereocenters. The second kappa shape index (κ2) is 7.57. The number of rotatable bonds is 4. The SMILES string of the molecule is CN1N=C(C(=O)Nc2ccccc2CN2CCCCC2)CCC1=O. The predicted octanol–water partition coefficient (Wildman–Crippen LogP) is 2.22. The zero-order chi connectivity index (χ0) is 16.9. The summed E-state index contributed by atoms with van der Waals surface area (Å²) in [5, 5.41) is 8.30. The topological polar surface area (TPSA) is 65.0 Å². The molecule has 0 saturated carbocycles. The molecule has 0 aliphatic carbocycles. The standard InChI is InChI=1S/C18H24N4O2/c1-21-17(23)10-9-16(20-21)18(24)19-15-8-4-3-7-14(15)13-22-11-5-2-6-12-22/h3-4,7-8H,2,5-6,9-13H2,1H3,(H,19,24). The highest BCUT2D eigenvalue weighted by molar-refractivity contribution is 6.43. The van der Waals surface area contributed by atoms with Crippen LogP contribution in [0.4, 0.5) is 5.69 Å². The van der Waals surface area contributed by atoms with Crippen molar-refractivity contribution in [3.63, 3.8) is 0 Å². The summed E-state index contributed by atoms with van der Waals surface area (Å²) in [6, 6.07) is 7.91. The van der Waals surface area contributed by atoms with Gasteiger partial charge in [0.2, 0.25) is 5.91 Å². The summed E-state index contributed by atoms with van der Waals surface area (Å²) in [6.07, 6.45) is 4.51. The van der Waals surface area contributed by atoms with Gasteiger partial charge >= 0.3 is 0 Å². The number of likely N-dealkylation sites (tertiary alicyclic amines) is 1. The summed E-state index contributed by atoms with van der Waals surface area (Å²) in [7, 11) is 1.58. The number of nitrogens with one attached hydrogen (secondary N) is 1. The van der Waals surface area contributed by atoms with Crippen LogP contribution in [-0.4, -0.2) is 47.6 Å². The molecule has 1 fully saturated rings. The largest absolute Gasteiger partial charge is 0.321 e. The van der Waals surface area contributed by atoms with E-state index >= 15 is 0 Å². The molecule has 2 amide bonds. The third-order valence-corrected chi connectivity index (χ3v) is 4.58. The first-order valence-electron chi connectivity index (χ1n) is 8.59. The van der Waals surface area contributed by atoms with Gasteiger partial charge in [0.05, 0.1) is 0 Å². The molecule has 0 aromatic heterocycles. The summed E-state index contributed by atoms with van der Waals surface area (Å²) in [4.78, 5) is 26.4. The average molecular weight is 328 g/mol. The Labute approximate surface area is 142 Å². The molecular weight excluding hydrogens is 304 g/mol. The van der Waals surface area contributed by atoms with Gasteiger partial charge in [-0.1, -0.05) is 24.6 Å². The van der Waals surface area contributed by atoms with Crippen LogP contribution in [0.5, 0.6) is 0 Å². The second-order valence-corrected chi connectivity index (χ2v) is 6.41. The molecule has 24 heavy (non-hydrogen) atoms. The molecule has 1 aromatic rings. The van der Waals surface area contributed by atoms with E-state index in [0.717, 1.165) is 30.9 Å². The maximum Gasteiger partial charge on any atom is 0.271 e. The van der Waals surface area contributed by atoms with Crippen molar-refractivity contribution >= 4 is 23.2 Å². The van der Waals surface area contributed by atoms with Crippen LogP contribution in [0.15, 0.2) is 29.4 Å². The van der Waals surface area contributed by atoms with E-state index in [9.17, 15) is 9.59 Å². The Hall–Kier alpha value is -2.21. The maximum absolute atomic E-state index is 12.5. The van der Waals surface area contributed by atoms with Crippen molar-refractivity contribution in [2.75, 3.05) is 25.5 Å². The lowest BCUT2D eigenvalue weighted by Crippen LogP contribution is -2.34. The number of amides is 2. The molecule has 6 nitrogen and oxygen atoms in total. The van der Waals surface area contributed by atoms with Crippen molar-refractivity contribution < 1.29 is 9.59 Å². The van der Waals surface area contributed by atoms with Gasteiger partial charge in [0.25, 0.3) is 5.91 Å². The molecular formula is C18H24N4O2. The fraction of sp³-hybridized carbons (Fsp3) is 0.500. The zero-order valence-electron chi connectivity index (χ0n) is 14.1. The van der Waals surface area contributed by atoms with Gasteiger partial charge < -0.3 is 5.32 Å². The van der Waals surface area contributed by atoms with Crippen molar-refractivity contribution in [2.24, 2.45) is 5.10 Å². The normalized spacial score (nSPS) is 19.1. The number of nitrogens with zero attached hydrogens (tertiary/aromatic N) is 3. The predicted molar refractivity (Wildman–Crippen MR) is 93.6 cm³/mol. The number of hydrazone groups is 1. The Balaban J connectivity index is 1.69. The molecule has 6 heteroatoms. The van der Waals surface area contributed by atoms with Crippen LogP contribution in [0, 0.1) is 0 Å². The maximum atomic E-state index is 12.5. The van der Waals surface area contributed by atoms with Gasteiger partial charge in [-0.2, -0.15) is 5.10 Å². The lowest BCUT2D eigenvalue weighted by molar-refractivity contribution is -0.130. The third-order valence-electron chi connectivity index (χ3n) is 4.58. The third kappa shape index (κ3) is 4.00. The number of hydrogen-bond donors (Lipinski definition) is 1. The van der Waals surface area contributed by atoms with Crippen molar-refractivity contribution in [1.82, 2.24) is 9.91 Å². The Kier molecular flexibility index (Phi) is 5.25. The van der Waals surface area contributed by atoms with E-state index in [1.54, 1.807) is 7.05 Å². The van der Waals surface area contributed by atoms with Crippen LogP contribution in [-0.2, 0) is 16.1 Å². The van der Waals surface area contributed by atoms with Crippen molar-refractivity contribution in [3.05, 3.63) is 29.8 Å². The van der Waals surface area contributed by atoms with Gasteiger partial charge in [-0.3, -0.25) is 14.5 Å². The Morgan fingerprint density at radius 2 is 1.92 bits per heavy atom. The first-order valence-corrected chi connectivity index (χ1v) is 8.59. The molecule has 1 N–H and O–H groups in total. The Morgan fingerprint density at radius 3 is 2.67 bits per heavy atom. The Morgan fingerprint density at radius 1 is 1.17 bits per heavy atom. The first kappa shape index (κ1) is 16.6. The van der Waals surface area contributed by atoms with Crippen LogP contribution in [0.2, 0.25) is 0 Å². The summed E-state index contributed by atoms with van der Waals surface area (Å²) < 4.78 is 0. The fourth-order valence-electron chi connectivity index (χ4n) is 3.17. The zero-order valence-corrected chi connectivity index (χ0v) is 14.1. The van der Waals surface area contributed by atoms with Crippen molar-refractivity contribution in [3.8, 4) is 0 Å². The lowest BCUT2D eigenvalue weighted by atomic mass is 10.1. The molecule has 128 valence electrons. The second-order valence-electron chi connectivity index (χ2n) is 6.41. The minimum Gasteiger partial charge on any atom is -0.321 e. The molecule has 0 unspecified atom stereocenters. The molecule has 2 aliphatic rings. The number of para-hydroxylation sites is 1. The van der Waals surface area contributed by atoms with Crippen LogP contribution in [0.1, 0.15) is 37.7 Å². The number of hydrogen-bond acceptors (Lipinski definition) is 4. The molecule has 3 rings (SSSR count). The molecule has 2 aliphatic heterocycles. The quantitative estimate of drug-likeness (QED) is 0.922. The first-order chi connectivity index (χ1) is 11.6. The number of piperidine rings is 1. The highest BCUT2D eigenvalue weighted by Crippen LogP contribution is 2.20. The van der Waals surface area contributed by atoms with Crippen molar-refractivity contribution in [2.45, 2.75) is 38.6 Å². The molecule has 0 radical (unpaired) electrons. The van der Waals surface area contributed by atoms with E-state index in [-0.39, 0.29) is 11.8 Å². The number of carbonyl (C=O) groups is 2. The monoisotopic (exact) mass is 328 g/mol.